The van der Waals surface area contributed by atoms with E-state index in [1.165, 1.54) is 0 Å². The molecular formula is C17H21Cl2N3O6. The molecule has 1 aliphatic rings. The van der Waals surface area contributed by atoms with Crippen molar-refractivity contribution in [3.05, 3.63) is 46.0 Å². The molecule has 9 nitrogen and oxygen atoms in total. The second-order valence-corrected chi connectivity index (χ2v) is 6.50. The summed E-state index contributed by atoms with van der Waals surface area (Å²) in [5.41, 5.74) is 6.07. The van der Waals surface area contributed by atoms with Crippen LogP contribution in [0, 0.1) is 5.92 Å². The number of halogens is 2. The first kappa shape index (κ1) is 23.7. The van der Waals surface area contributed by atoms with Gasteiger partial charge in [-0.1, -0.05) is 29.3 Å². The fourth-order valence-corrected chi connectivity index (χ4v) is 2.71. The van der Waals surface area contributed by atoms with Crippen LogP contribution in [0.25, 0.3) is 0 Å². The van der Waals surface area contributed by atoms with Gasteiger partial charge in [-0.15, -0.1) is 0 Å². The van der Waals surface area contributed by atoms with Gasteiger partial charge in [0.25, 0.3) is 0 Å². The molecule has 0 aliphatic carbocycles. The number of benzene rings is 1. The lowest BCUT2D eigenvalue weighted by atomic mass is 9.95. The van der Waals surface area contributed by atoms with Crippen molar-refractivity contribution in [2.45, 2.75) is 6.10 Å². The molecule has 0 bridgehead atoms. The van der Waals surface area contributed by atoms with Crippen LogP contribution in [-0.2, 0) is 14.3 Å². The summed E-state index contributed by atoms with van der Waals surface area (Å²) in [5, 5.41) is 22.5. The minimum absolute atomic E-state index is 0.0715. The van der Waals surface area contributed by atoms with Gasteiger partial charge in [-0.25, -0.2) is 14.4 Å². The molecule has 0 radical (unpaired) electrons. The van der Waals surface area contributed by atoms with E-state index >= 15 is 0 Å². The highest BCUT2D eigenvalue weighted by molar-refractivity contribution is 6.42. The van der Waals surface area contributed by atoms with E-state index in [0.29, 0.717) is 35.3 Å². The van der Waals surface area contributed by atoms with Crippen molar-refractivity contribution in [2.75, 3.05) is 26.2 Å². The van der Waals surface area contributed by atoms with Crippen LogP contribution in [0.1, 0.15) is 11.7 Å². The third-order valence-electron chi connectivity index (χ3n) is 3.59. The lowest BCUT2D eigenvalue weighted by molar-refractivity contribution is -0.134. The maximum Gasteiger partial charge on any atom is 0.328 e. The normalized spacial score (nSPS) is 19.2. The van der Waals surface area contributed by atoms with Gasteiger partial charge in [0.1, 0.15) is 0 Å². The molecule has 154 valence electrons. The number of carboxylic acids is 2. The summed E-state index contributed by atoms with van der Waals surface area (Å²) in [5.74, 6) is -2.44. The molecule has 11 heteroatoms. The number of carbonyl (C=O) groups is 3. The highest BCUT2D eigenvalue weighted by atomic mass is 35.5. The Bertz CT molecular complexity index is 713. The molecule has 0 saturated carbocycles. The molecule has 2 atom stereocenters. The van der Waals surface area contributed by atoms with Gasteiger partial charge in [-0.05, 0) is 17.7 Å². The Labute approximate surface area is 171 Å². The summed E-state index contributed by atoms with van der Waals surface area (Å²) in [6.45, 7) is 2.53. The summed E-state index contributed by atoms with van der Waals surface area (Å²) in [6, 6.07) is 4.90. The quantitative estimate of drug-likeness (QED) is 0.442. The lowest BCUT2D eigenvalue weighted by Gasteiger charge is -2.25. The van der Waals surface area contributed by atoms with Crippen LogP contribution in [0.4, 0.5) is 4.79 Å². The first-order chi connectivity index (χ1) is 13.2. The first-order valence-corrected chi connectivity index (χ1v) is 8.90. The number of amides is 2. The maximum atomic E-state index is 10.9. The molecule has 1 aliphatic heterocycles. The average molecular weight is 434 g/mol. The van der Waals surface area contributed by atoms with Crippen molar-refractivity contribution in [3.63, 3.8) is 0 Å². The Balaban J connectivity index is 0.000000416. The summed E-state index contributed by atoms with van der Waals surface area (Å²) in [4.78, 5) is 30.0. The fraction of sp³-hybridized carbons (Fsp3) is 0.353. The Kier molecular flexibility index (Phi) is 10.3. The number of ether oxygens (including phenoxy) is 1. The number of aliphatic carboxylic acids is 2. The van der Waals surface area contributed by atoms with Crippen LogP contribution in [0.2, 0.25) is 10.0 Å². The van der Waals surface area contributed by atoms with E-state index in [1.54, 1.807) is 12.1 Å². The van der Waals surface area contributed by atoms with E-state index in [0.717, 1.165) is 18.7 Å². The number of urea groups is 1. The van der Waals surface area contributed by atoms with Gasteiger partial charge < -0.3 is 31.3 Å². The number of carboxylic acid groups (broad SMARTS) is 2. The topological polar surface area (TPSA) is 151 Å². The van der Waals surface area contributed by atoms with Crippen LogP contribution in [-0.4, -0.2) is 54.4 Å². The van der Waals surface area contributed by atoms with E-state index in [4.69, 9.17) is 43.9 Å². The highest BCUT2D eigenvalue weighted by Crippen LogP contribution is 2.31. The molecule has 6 N–H and O–H groups in total. The van der Waals surface area contributed by atoms with E-state index in [-0.39, 0.29) is 12.0 Å². The standard InChI is InChI=1S/C13H17Cl2N3O2.C4H4O4/c14-10-2-1-8(5-11(10)15)12-9(7-18-13(16)19)6-17-3-4-20-12;5-3(6)1-2-4(7)8/h1-2,5,9,12,17H,3-4,6-7H2,(H3,16,18,19);1-2H,(H,5,6)(H,7,8)/b;2-1+/t9-,12-;/m0./s1. The Morgan fingerprint density at radius 1 is 1.21 bits per heavy atom. The van der Waals surface area contributed by atoms with Crippen molar-refractivity contribution >= 4 is 41.2 Å². The number of nitrogens with one attached hydrogen (secondary N) is 2. The van der Waals surface area contributed by atoms with Gasteiger partial charge in [-0.2, -0.15) is 0 Å². The lowest BCUT2D eigenvalue weighted by Crippen LogP contribution is -2.38. The van der Waals surface area contributed by atoms with Crippen LogP contribution in [0.3, 0.4) is 0 Å². The fourth-order valence-electron chi connectivity index (χ4n) is 2.40. The molecule has 1 heterocycles. The molecule has 1 saturated heterocycles. The summed E-state index contributed by atoms with van der Waals surface area (Å²) >= 11 is 12.0. The van der Waals surface area contributed by atoms with Gasteiger partial charge >= 0.3 is 18.0 Å². The highest BCUT2D eigenvalue weighted by Gasteiger charge is 2.26. The number of nitrogens with two attached hydrogens (primary N) is 1. The Morgan fingerprint density at radius 3 is 2.39 bits per heavy atom. The van der Waals surface area contributed by atoms with Gasteiger partial charge in [0.05, 0.1) is 22.8 Å². The Hall–Kier alpha value is -2.33. The first-order valence-electron chi connectivity index (χ1n) is 8.15. The van der Waals surface area contributed by atoms with Gasteiger partial charge in [-0.3, -0.25) is 0 Å². The SMILES string of the molecule is NC(=O)NC[C@@H]1CNCCO[C@H]1c1ccc(Cl)c(Cl)c1.O=C(O)/C=C/C(=O)O. The van der Waals surface area contributed by atoms with Crippen LogP contribution in [0.5, 0.6) is 0 Å². The van der Waals surface area contributed by atoms with E-state index < -0.39 is 18.0 Å². The largest absolute Gasteiger partial charge is 0.478 e. The second-order valence-electron chi connectivity index (χ2n) is 5.68. The molecule has 2 amide bonds. The van der Waals surface area contributed by atoms with Gasteiger partial charge in [0.15, 0.2) is 0 Å². The molecule has 1 fully saturated rings. The van der Waals surface area contributed by atoms with Crippen molar-refractivity contribution in [1.29, 1.82) is 0 Å². The third-order valence-corrected chi connectivity index (χ3v) is 4.33. The summed E-state index contributed by atoms with van der Waals surface area (Å²) in [6.07, 6.45) is 0.955. The van der Waals surface area contributed by atoms with Gasteiger partial charge in [0, 0.05) is 37.7 Å². The second kappa shape index (κ2) is 12.2. The zero-order valence-electron chi connectivity index (χ0n) is 14.7. The van der Waals surface area contributed by atoms with E-state index in [9.17, 15) is 14.4 Å². The van der Waals surface area contributed by atoms with Crippen LogP contribution < -0.4 is 16.4 Å². The minimum atomic E-state index is -1.26. The van der Waals surface area contributed by atoms with Crippen molar-refractivity contribution in [2.24, 2.45) is 11.7 Å². The van der Waals surface area contributed by atoms with Crippen molar-refractivity contribution in [3.8, 4) is 0 Å². The third kappa shape index (κ3) is 9.05. The zero-order chi connectivity index (χ0) is 21.1. The monoisotopic (exact) mass is 433 g/mol. The Morgan fingerprint density at radius 2 is 1.86 bits per heavy atom. The molecule has 0 spiro atoms. The number of carbonyl (C=O) groups excluding carboxylic acids is 1. The maximum absolute atomic E-state index is 10.9. The average Bonchev–Trinajstić information content (AvgIpc) is 2.86. The van der Waals surface area contributed by atoms with E-state index in [2.05, 4.69) is 10.6 Å². The van der Waals surface area contributed by atoms with Crippen molar-refractivity contribution < 1.29 is 29.3 Å². The van der Waals surface area contributed by atoms with Gasteiger partial charge in [0.2, 0.25) is 0 Å². The molecule has 0 unspecified atom stereocenters. The predicted octanol–water partition coefficient (Wildman–Crippen LogP) is 1.65. The minimum Gasteiger partial charge on any atom is -0.478 e. The molecule has 1 aromatic rings. The van der Waals surface area contributed by atoms with E-state index in [1.807, 2.05) is 6.07 Å². The molecule has 1 aromatic carbocycles. The van der Waals surface area contributed by atoms with Crippen LogP contribution in [0.15, 0.2) is 30.4 Å². The molecule has 28 heavy (non-hydrogen) atoms. The smallest absolute Gasteiger partial charge is 0.328 e. The molecule has 2 rings (SSSR count). The molecular weight excluding hydrogens is 413 g/mol. The summed E-state index contributed by atoms with van der Waals surface area (Å²) < 4.78 is 5.87. The zero-order valence-corrected chi connectivity index (χ0v) is 16.2. The number of hydrogen-bond acceptors (Lipinski definition) is 5. The number of rotatable bonds is 5. The predicted molar refractivity (Wildman–Crippen MR) is 104 cm³/mol. The van der Waals surface area contributed by atoms with Crippen LogP contribution >= 0.6 is 23.2 Å². The number of primary amides is 1. The van der Waals surface area contributed by atoms with Crippen molar-refractivity contribution in [1.82, 2.24) is 10.6 Å². The number of hydrogen-bond donors (Lipinski definition) is 5. The molecule has 0 aromatic heterocycles. The summed E-state index contributed by atoms with van der Waals surface area (Å²) in [7, 11) is 0.